The molecule has 0 aliphatic rings. The molecule has 2 nitrogen and oxygen atoms in total. The topological polar surface area (TPSA) is 38.0 Å². The first-order valence-electron chi connectivity index (χ1n) is 7.22. The van der Waals surface area contributed by atoms with Gasteiger partial charge in [0.15, 0.2) is 0 Å². The highest BCUT2D eigenvalue weighted by Crippen LogP contribution is 2.12. The molecule has 1 aromatic rings. The molecule has 1 atom stereocenters. The van der Waals surface area contributed by atoms with E-state index < -0.39 is 0 Å². The average molecular weight is 248 g/mol. The minimum absolute atomic E-state index is 0.479. The number of hydrazine groups is 1. The van der Waals surface area contributed by atoms with Crippen molar-refractivity contribution in [1.82, 2.24) is 5.43 Å². The summed E-state index contributed by atoms with van der Waals surface area (Å²) in [5.74, 6) is 6.42. The van der Waals surface area contributed by atoms with Crippen molar-refractivity contribution in [3.63, 3.8) is 0 Å². The normalized spacial score (nSPS) is 12.9. The summed E-state index contributed by atoms with van der Waals surface area (Å²) < 4.78 is 0. The van der Waals surface area contributed by atoms with E-state index >= 15 is 0 Å². The second-order valence-electron chi connectivity index (χ2n) is 5.57. The van der Waals surface area contributed by atoms with E-state index in [1.165, 1.54) is 37.7 Å². The van der Waals surface area contributed by atoms with Crippen LogP contribution < -0.4 is 11.3 Å². The summed E-state index contributed by atoms with van der Waals surface area (Å²) in [6.07, 6.45) is 7.31. The number of nitrogens with one attached hydrogen (secondary N) is 1. The Morgan fingerprint density at radius 3 is 2.28 bits per heavy atom. The van der Waals surface area contributed by atoms with E-state index in [2.05, 4.69) is 49.6 Å². The molecule has 0 amide bonds. The number of hydrogen-bond donors (Lipinski definition) is 2. The molecule has 102 valence electrons. The van der Waals surface area contributed by atoms with Crippen LogP contribution in [0.2, 0.25) is 0 Å². The molecule has 0 aromatic heterocycles. The molecule has 0 radical (unpaired) electrons. The molecule has 0 aliphatic heterocycles. The van der Waals surface area contributed by atoms with Crippen LogP contribution in [0.5, 0.6) is 0 Å². The first kappa shape index (κ1) is 15.2. The molecule has 0 spiro atoms. The Hall–Kier alpha value is -0.860. The smallest absolute Gasteiger partial charge is 0.0210 e. The van der Waals surface area contributed by atoms with Crippen LogP contribution in [-0.4, -0.2) is 6.04 Å². The lowest BCUT2D eigenvalue weighted by Crippen LogP contribution is -2.35. The van der Waals surface area contributed by atoms with Gasteiger partial charge in [0, 0.05) is 6.04 Å². The van der Waals surface area contributed by atoms with Crippen LogP contribution in [0.25, 0.3) is 0 Å². The van der Waals surface area contributed by atoms with E-state index in [9.17, 15) is 0 Å². The second kappa shape index (κ2) is 9.12. The molecule has 1 rings (SSSR count). The van der Waals surface area contributed by atoms with Crippen LogP contribution in [0.4, 0.5) is 0 Å². The molecule has 1 unspecified atom stereocenters. The second-order valence-corrected chi connectivity index (χ2v) is 5.57. The largest absolute Gasteiger partial charge is 0.271 e. The van der Waals surface area contributed by atoms with E-state index in [4.69, 9.17) is 5.84 Å². The van der Waals surface area contributed by atoms with Crippen LogP contribution in [-0.2, 0) is 6.42 Å². The van der Waals surface area contributed by atoms with Crippen LogP contribution in [0, 0.1) is 5.92 Å². The summed E-state index contributed by atoms with van der Waals surface area (Å²) >= 11 is 0. The van der Waals surface area contributed by atoms with Gasteiger partial charge in [-0.15, -0.1) is 0 Å². The first-order chi connectivity index (χ1) is 8.72. The Morgan fingerprint density at radius 1 is 1.00 bits per heavy atom. The Kier molecular flexibility index (Phi) is 7.70. The van der Waals surface area contributed by atoms with Gasteiger partial charge in [0.1, 0.15) is 0 Å². The Balaban J connectivity index is 2.15. The fraction of sp³-hybridized carbons (Fsp3) is 0.625. The van der Waals surface area contributed by atoms with Gasteiger partial charge >= 0.3 is 0 Å². The van der Waals surface area contributed by atoms with Gasteiger partial charge in [-0.1, -0.05) is 57.0 Å². The van der Waals surface area contributed by atoms with Gasteiger partial charge < -0.3 is 0 Å². The maximum atomic E-state index is 5.62. The predicted octanol–water partition coefficient (Wildman–Crippen LogP) is 3.67. The van der Waals surface area contributed by atoms with Crippen LogP contribution in [0.15, 0.2) is 30.3 Å². The van der Waals surface area contributed by atoms with Crippen molar-refractivity contribution in [2.24, 2.45) is 11.8 Å². The van der Waals surface area contributed by atoms with Crippen molar-refractivity contribution in [2.75, 3.05) is 0 Å². The molecule has 3 N–H and O–H groups in total. The maximum absolute atomic E-state index is 5.62. The number of nitrogens with two attached hydrogens (primary N) is 1. The SMILES string of the molecule is CC(C)CCCC(CCCc1ccccc1)NN. The van der Waals surface area contributed by atoms with Gasteiger partial charge in [0.25, 0.3) is 0 Å². The van der Waals surface area contributed by atoms with Crippen molar-refractivity contribution in [2.45, 2.75) is 58.4 Å². The lowest BCUT2D eigenvalue weighted by atomic mass is 9.99. The molecule has 1 aromatic carbocycles. The van der Waals surface area contributed by atoms with Crippen LogP contribution in [0.3, 0.4) is 0 Å². The summed E-state index contributed by atoms with van der Waals surface area (Å²) in [6.45, 7) is 4.56. The fourth-order valence-corrected chi connectivity index (χ4v) is 2.28. The van der Waals surface area contributed by atoms with E-state index in [0.29, 0.717) is 6.04 Å². The van der Waals surface area contributed by atoms with E-state index in [1.54, 1.807) is 0 Å². The van der Waals surface area contributed by atoms with Crippen molar-refractivity contribution >= 4 is 0 Å². The zero-order chi connectivity index (χ0) is 13.2. The van der Waals surface area contributed by atoms with E-state index in [0.717, 1.165) is 12.3 Å². The van der Waals surface area contributed by atoms with Crippen LogP contribution in [0.1, 0.15) is 51.5 Å². The summed E-state index contributed by atoms with van der Waals surface area (Å²) in [7, 11) is 0. The molecule has 0 saturated carbocycles. The van der Waals surface area contributed by atoms with Crippen molar-refractivity contribution in [3.05, 3.63) is 35.9 Å². The summed E-state index contributed by atoms with van der Waals surface area (Å²) in [5, 5.41) is 0. The minimum Gasteiger partial charge on any atom is -0.271 e. The molecule has 0 saturated heterocycles. The molecule has 2 heteroatoms. The third-order valence-corrected chi connectivity index (χ3v) is 3.43. The standard InChI is InChI=1S/C16H28N2/c1-14(2)8-6-12-16(18-17)13-7-11-15-9-4-3-5-10-15/h3-5,9-10,14,16,18H,6-8,11-13,17H2,1-2H3. The molecule has 0 bridgehead atoms. The van der Waals surface area contributed by atoms with Gasteiger partial charge in [0.05, 0.1) is 0 Å². The van der Waals surface area contributed by atoms with Gasteiger partial charge in [-0.3, -0.25) is 11.3 Å². The molecule has 18 heavy (non-hydrogen) atoms. The molecule has 0 fully saturated rings. The van der Waals surface area contributed by atoms with E-state index in [1.807, 2.05) is 0 Å². The molecular weight excluding hydrogens is 220 g/mol. The van der Waals surface area contributed by atoms with Gasteiger partial charge in [-0.05, 0) is 37.2 Å². The zero-order valence-electron chi connectivity index (χ0n) is 11.9. The number of aryl methyl sites for hydroxylation is 1. The third kappa shape index (κ3) is 6.77. The maximum Gasteiger partial charge on any atom is 0.0210 e. The predicted molar refractivity (Wildman–Crippen MR) is 79.2 cm³/mol. The van der Waals surface area contributed by atoms with Gasteiger partial charge in [0.2, 0.25) is 0 Å². The fourth-order valence-electron chi connectivity index (χ4n) is 2.28. The van der Waals surface area contributed by atoms with E-state index in [-0.39, 0.29) is 0 Å². The summed E-state index contributed by atoms with van der Waals surface area (Å²) in [6, 6.07) is 11.2. The summed E-state index contributed by atoms with van der Waals surface area (Å²) in [5.41, 5.74) is 4.39. The average Bonchev–Trinajstić information content (AvgIpc) is 2.38. The third-order valence-electron chi connectivity index (χ3n) is 3.43. The Labute approximate surface area is 112 Å². The lowest BCUT2D eigenvalue weighted by molar-refractivity contribution is 0.416. The lowest BCUT2D eigenvalue weighted by Gasteiger charge is -2.16. The van der Waals surface area contributed by atoms with Crippen LogP contribution >= 0.6 is 0 Å². The Morgan fingerprint density at radius 2 is 1.67 bits per heavy atom. The quantitative estimate of drug-likeness (QED) is 0.517. The van der Waals surface area contributed by atoms with Crippen molar-refractivity contribution in [1.29, 1.82) is 0 Å². The zero-order valence-corrected chi connectivity index (χ0v) is 11.9. The highest BCUT2D eigenvalue weighted by atomic mass is 15.2. The highest BCUT2D eigenvalue weighted by Gasteiger charge is 2.06. The van der Waals surface area contributed by atoms with Crippen molar-refractivity contribution < 1.29 is 0 Å². The summed E-state index contributed by atoms with van der Waals surface area (Å²) in [4.78, 5) is 0. The molecule has 0 heterocycles. The highest BCUT2D eigenvalue weighted by molar-refractivity contribution is 5.14. The number of hydrogen-bond acceptors (Lipinski definition) is 2. The van der Waals surface area contributed by atoms with Gasteiger partial charge in [-0.25, -0.2) is 0 Å². The first-order valence-corrected chi connectivity index (χ1v) is 7.22. The molecular formula is C16H28N2. The van der Waals surface area contributed by atoms with Crippen molar-refractivity contribution in [3.8, 4) is 0 Å². The monoisotopic (exact) mass is 248 g/mol. The molecule has 0 aliphatic carbocycles. The Bertz CT molecular complexity index is 295. The minimum atomic E-state index is 0.479. The number of benzene rings is 1. The van der Waals surface area contributed by atoms with Gasteiger partial charge in [-0.2, -0.15) is 0 Å². The number of rotatable bonds is 9.